The molecular weight excluding hydrogens is 482 g/mol. The van der Waals surface area contributed by atoms with Crippen molar-refractivity contribution in [2.75, 3.05) is 6.61 Å². The standard InChI is InChI=1S/C12H11F3O4.C8H7F3O4/c1-4(12(13,14)15)10(16)18-8-5-2-6-7(3-5)11(17)19-9(6)8;1-4(8(9,10)11)6(12)15-5-2-3-14-7(5)13/h5-9H,1-3H2;5H,1-3H2. The van der Waals surface area contributed by atoms with E-state index in [0.717, 1.165) is 0 Å². The number of alkyl halides is 6. The van der Waals surface area contributed by atoms with Crippen molar-refractivity contribution in [3.05, 3.63) is 24.3 Å². The van der Waals surface area contributed by atoms with Crippen LogP contribution in [0.5, 0.6) is 0 Å². The first-order chi connectivity index (χ1) is 15.6. The van der Waals surface area contributed by atoms with E-state index >= 15 is 0 Å². The van der Waals surface area contributed by atoms with Crippen LogP contribution in [0.3, 0.4) is 0 Å². The number of fused-ring (bicyclic) bond motifs is 1. The third-order valence-electron chi connectivity index (χ3n) is 5.97. The number of rotatable bonds is 4. The summed E-state index contributed by atoms with van der Waals surface area (Å²) in [6, 6.07) is 0. The number of carbonyl (C=O) groups excluding carboxylic acids is 4. The third kappa shape index (κ3) is 5.04. The summed E-state index contributed by atoms with van der Waals surface area (Å²) in [7, 11) is 0. The largest absolute Gasteiger partial charge is 0.463 e. The van der Waals surface area contributed by atoms with Crippen LogP contribution in [0.4, 0.5) is 26.3 Å². The highest BCUT2D eigenvalue weighted by Crippen LogP contribution is 2.55. The van der Waals surface area contributed by atoms with Crippen molar-refractivity contribution < 1.29 is 64.5 Å². The molecule has 2 saturated heterocycles. The lowest BCUT2D eigenvalue weighted by Gasteiger charge is -2.25. The van der Waals surface area contributed by atoms with Crippen molar-refractivity contribution in [1.82, 2.24) is 0 Å². The van der Waals surface area contributed by atoms with Crippen molar-refractivity contribution in [3.63, 3.8) is 0 Å². The van der Waals surface area contributed by atoms with E-state index in [0.29, 0.717) is 12.8 Å². The molecule has 0 aromatic heterocycles. The Bertz CT molecular complexity index is 923. The molecule has 6 unspecified atom stereocenters. The molecule has 4 rings (SSSR count). The molecule has 2 aliphatic carbocycles. The molecule has 0 radical (unpaired) electrons. The summed E-state index contributed by atoms with van der Waals surface area (Å²) in [4.78, 5) is 44.5. The lowest BCUT2D eigenvalue weighted by Crippen LogP contribution is -2.37. The molecule has 0 aromatic carbocycles. The first-order valence-electron chi connectivity index (χ1n) is 9.92. The van der Waals surface area contributed by atoms with Gasteiger partial charge < -0.3 is 18.9 Å². The van der Waals surface area contributed by atoms with Crippen LogP contribution in [-0.2, 0) is 38.1 Å². The van der Waals surface area contributed by atoms with Crippen LogP contribution in [0.15, 0.2) is 24.3 Å². The van der Waals surface area contributed by atoms with Crippen LogP contribution in [0.2, 0.25) is 0 Å². The second-order valence-electron chi connectivity index (χ2n) is 8.08. The predicted octanol–water partition coefficient (Wildman–Crippen LogP) is 2.56. The van der Waals surface area contributed by atoms with Gasteiger partial charge in [0.2, 0.25) is 6.10 Å². The van der Waals surface area contributed by atoms with Gasteiger partial charge in [-0.05, 0) is 12.8 Å². The van der Waals surface area contributed by atoms with Gasteiger partial charge in [0.25, 0.3) is 0 Å². The number of cyclic esters (lactones) is 1. The van der Waals surface area contributed by atoms with Gasteiger partial charge in [-0.15, -0.1) is 0 Å². The Morgan fingerprint density at radius 2 is 1.44 bits per heavy atom. The zero-order chi connectivity index (χ0) is 25.6. The highest BCUT2D eigenvalue weighted by molar-refractivity contribution is 5.91. The summed E-state index contributed by atoms with van der Waals surface area (Å²) in [6.07, 6.45) is -11.0. The Kier molecular flexibility index (Phi) is 6.73. The highest BCUT2D eigenvalue weighted by Gasteiger charge is 2.63. The van der Waals surface area contributed by atoms with Crippen LogP contribution in [-0.4, -0.2) is 61.1 Å². The van der Waals surface area contributed by atoms with Crippen LogP contribution in [0, 0.1) is 17.8 Å². The van der Waals surface area contributed by atoms with Gasteiger partial charge in [0, 0.05) is 18.3 Å². The van der Waals surface area contributed by atoms with Gasteiger partial charge in [0.05, 0.1) is 12.5 Å². The Hall–Kier alpha value is -3.06. The molecule has 34 heavy (non-hydrogen) atoms. The third-order valence-corrected chi connectivity index (χ3v) is 5.97. The van der Waals surface area contributed by atoms with E-state index in [1.54, 1.807) is 0 Å². The molecule has 0 amide bonds. The Morgan fingerprint density at radius 1 is 0.882 bits per heavy atom. The van der Waals surface area contributed by atoms with Crippen LogP contribution in [0.1, 0.15) is 19.3 Å². The van der Waals surface area contributed by atoms with Gasteiger partial charge in [-0.1, -0.05) is 13.2 Å². The smallest absolute Gasteiger partial charge is 0.422 e. The zero-order valence-corrected chi connectivity index (χ0v) is 17.2. The van der Waals surface area contributed by atoms with E-state index in [2.05, 4.69) is 22.6 Å². The first kappa shape index (κ1) is 25.6. The number of carbonyl (C=O) groups is 4. The van der Waals surface area contributed by atoms with E-state index in [9.17, 15) is 45.5 Å². The van der Waals surface area contributed by atoms with Crippen molar-refractivity contribution in [2.45, 2.75) is 49.9 Å². The molecule has 2 aliphatic heterocycles. The minimum atomic E-state index is -4.85. The Balaban J connectivity index is 0.000000197. The molecule has 0 N–H and O–H groups in total. The van der Waals surface area contributed by atoms with Crippen molar-refractivity contribution in [2.24, 2.45) is 17.8 Å². The van der Waals surface area contributed by atoms with Crippen molar-refractivity contribution >= 4 is 23.9 Å². The normalized spacial score (nSPS) is 31.2. The average Bonchev–Trinajstić information content (AvgIpc) is 3.45. The molecule has 2 heterocycles. The SMILES string of the molecule is C=C(C(=O)OC1C2CC3C(=O)OC1C3C2)C(F)(F)F.C=C(C(=O)OC1CCOC1=O)C(F)(F)F. The summed E-state index contributed by atoms with van der Waals surface area (Å²) in [5.74, 6) is -4.57. The van der Waals surface area contributed by atoms with E-state index in [1.165, 1.54) is 0 Å². The maximum Gasteiger partial charge on any atom is 0.422 e. The van der Waals surface area contributed by atoms with Crippen molar-refractivity contribution in [3.8, 4) is 0 Å². The summed E-state index contributed by atoms with van der Waals surface area (Å²) < 4.78 is 91.5. The molecule has 2 saturated carbocycles. The molecule has 0 aromatic rings. The fourth-order valence-electron chi connectivity index (χ4n) is 4.28. The average molecular weight is 500 g/mol. The number of hydrogen-bond acceptors (Lipinski definition) is 8. The molecule has 14 heteroatoms. The predicted molar refractivity (Wildman–Crippen MR) is 95.3 cm³/mol. The zero-order valence-electron chi connectivity index (χ0n) is 17.2. The van der Waals surface area contributed by atoms with E-state index in [1.807, 2.05) is 0 Å². The van der Waals surface area contributed by atoms with E-state index in [4.69, 9.17) is 9.47 Å². The Morgan fingerprint density at radius 3 is 1.94 bits per heavy atom. The van der Waals surface area contributed by atoms with Crippen molar-refractivity contribution in [1.29, 1.82) is 0 Å². The maximum atomic E-state index is 12.3. The van der Waals surface area contributed by atoms with Gasteiger partial charge in [-0.3, -0.25) is 4.79 Å². The minimum absolute atomic E-state index is 0.0190. The van der Waals surface area contributed by atoms with Crippen LogP contribution >= 0.6 is 0 Å². The van der Waals surface area contributed by atoms with Gasteiger partial charge in [0.1, 0.15) is 23.4 Å². The molecule has 188 valence electrons. The maximum absolute atomic E-state index is 12.3. The van der Waals surface area contributed by atoms with Gasteiger partial charge in [0.15, 0.2) is 0 Å². The topological polar surface area (TPSA) is 105 Å². The molecule has 6 atom stereocenters. The highest BCUT2D eigenvalue weighted by atomic mass is 19.4. The minimum Gasteiger partial charge on any atom is -0.463 e. The number of hydrogen-bond donors (Lipinski definition) is 0. The van der Waals surface area contributed by atoms with Gasteiger partial charge in [-0.2, -0.15) is 26.3 Å². The van der Waals surface area contributed by atoms with Crippen LogP contribution < -0.4 is 0 Å². The molecule has 4 aliphatic rings. The van der Waals surface area contributed by atoms with E-state index in [-0.39, 0.29) is 36.8 Å². The molecule has 0 spiro atoms. The summed E-state index contributed by atoms with van der Waals surface area (Å²) in [6.45, 7) is 5.28. The molecule has 2 bridgehead atoms. The first-order valence-corrected chi connectivity index (χ1v) is 9.92. The lowest BCUT2D eigenvalue weighted by molar-refractivity contribution is -0.165. The van der Waals surface area contributed by atoms with Gasteiger partial charge >= 0.3 is 36.2 Å². The lowest BCUT2D eigenvalue weighted by atomic mass is 9.88. The van der Waals surface area contributed by atoms with Crippen LogP contribution in [0.25, 0.3) is 0 Å². The van der Waals surface area contributed by atoms with E-state index < -0.39 is 59.7 Å². The fourth-order valence-corrected chi connectivity index (χ4v) is 4.28. The summed E-state index contributed by atoms with van der Waals surface area (Å²) >= 11 is 0. The number of halogens is 6. The number of esters is 4. The molecule has 4 fully saturated rings. The Labute approximate surface area is 187 Å². The second kappa shape index (κ2) is 8.95. The number of ether oxygens (including phenoxy) is 4. The molecular formula is C20H18F6O8. The second-order valence-corrected chi connectivity index (χ2v) is 8.08. The summed E-state index contributed by atoms with van der Waals surface area (Å²) in [5, 5.41) is 0. The quantitative estimate of drug-likeness (QED) is 0.251. The molecule has 8 nitrogen and oxygen atoms in total. The summed E-state index contributed by atoms with van der Waals surface area (Å²) in [5.41, 5.74) is -3.17. The monoisotopic (exact) mass is 500 g/mol. The fraction of sp³-hybridized carbons (Fsp3) is 0.600. The van der Waals surface area contributed by atoms with Gasteiger partial charge in [-0.25, -0.2) is 14.4 Å².